The van der Waals surface area contributed by atoms with Crippen molar-refractivity contribution in [1.29, 1.82) is 0 Å². The number of halogens is 3. The van der Waals surface area contributed by atoms with E-state index in [1.165, 1.54) is 0 Å². The third-order valence-electron chi connectivity index (χ3n) is 4.99. The number of hydrogen-bond donors (Lipinski definition) is 1. The predicted octanol–water partition coefficient (Wildman–Crippen LogP) is 6.12. The monoisotopic (exact) mass is 339 g/mol. The van der Waals surface area contributed by atoms with E-state index in [0.717, 1.165) is 40.2 Å². The topological polar surface area (TPSA) is 12.0 Å². The molecule has 0 atom stereocenters. The largest absolute Gasteiger partial charge is 0.416 e. The Hall–Kier alpha value is -2.75. The van der Waals surface area contributed by atoms with Crippen molar-refractivity contribution in [2.75, 3.05) is 5.32 Å². The van der Waals surface area contributed by atoms with Crippen molar-refractivity contribution in [2.24, 2.45) is 0 Å². The van der Waals surface area contributed by atoms with Crippen LogP contribution >= 0.6 is 0 Å². The fraction of sp³-hybridized carbons (Fsp3) is 0.143. The summed E-state index contributed by atoms with van der Waals surface area (Å²) in [5, 5.41) is 3.42. The molecule has 126 valence electrons. The Morgan fingerprint density at radius 1 is 0.720 bits per heavy atom. The van der Waals surface area contributed by atoms with Crippen LogP contribution in [0.15, 0.2) is 72.8 Å². The molecule has 0 spiro atoms. The second-order valence-electron chi connectivity index (χ2n) is 6.42. The second-order valence-corrected chi connectivity index (χ2v) is 6.42. The van der Waals surface area contributed by atoms with Crippen molar-refractivity contribution in [2.45, 2.75) is 18.5 Å². The van der Waals surface area contributed by atoms with Crippen LogP contribution in [0.4, 0.5) is 24.5 Å². The lowest BCUT2D eigenvalue weighted by Gasteiger charge is -2.39. The summed E-state index contributed by atoms with van der Waals surface area (Å²) in [6.07, 6.45) is -4.33. The average molecular weight is 339 g/mol. The Morgan fingerprint density at radius 3 is 1.68 bits per heavy atom. The van der Waals surface area contributed by atoms with Crippen LogP contribution in [0.25, 0.3) is 0 Å². The highest BCUT2D eigenvalue weighted by Crippen LogP contribution is 2.49. The molecular formula is C21H16F3N. The number of fused-ring (bicyclic) bond motifs is 2. The van der Waals surface area contributed by atoms with E-state index in [9.17, 15) is 13.2 Å². The van der Waals surface area contributed by atoms with E-state index in [-0.39, 0.29) is 0 Å². The van der Waals surface area contributed by atoms with Crippen molar-refractivity contribution < 1.29 is 13.2 Å². The lowest BCUT2D eigenvalue weighted by molar-refractivity contribution is -0.137. The van der Waals surface area contributed by atoms with Crippen LogP contribution < -0.4 is 5.32 Å². The average Bonchev–Trinajstić information content (AvgIpc) is 2.61. The molecule has 1 N–H and O–H groups in total. The van der Waals surface area contributed by atoms with Gasteiger partial charge in [0.25, 0.3) is 0 Å². The molecule has 25 heavy (non-hydrogen) atoms. The minimum atomic E-state index is -4.33. The summed E-state index contributed by atoms with van der Waals surface area (Å²) in [5.74, 6) is 0. The van der Waals surface area contributed by atoms with Gasteiger partial charge in [0.1, 0.15) is 0 Å². The molecule has 0 radical (unpaired) electrons. The Bertz CT molecular complexity index is 881. The molecule has 0 saturated carbocycles. The maximum Gasteiger partial charge on any atom is 0.416 e. The van der Waals surface area contributed by atoms with E-state index in [1.807, 2.05) is 48.5 Å². The smallest absolute Gasteiger partial charge is 0.355 e. The zero-order valence-corrected chi connectivity index (χ0v) is 13.6. The minimum absolute atomic E-state index is 0.525. The molecule has 0 amide bonds. The molecule has 0 bridgehead atoms. The lowest BCUT2D eigenvalue weighted by Crippen LogP contribution is -2.30. The standard InChI is InChI=1S/C21H16F3N/c1-20(14-10-12-15(13-11-14)21(22,23)24)16-6-2-4-8-18(16)25-19-9-5-3-7-17(19)20/h2-13,25H,1H3. The van der Waals surface area contributed by atoms with Gasteiger partial charge in [0.05, 0.1) is 5.56 Å². The van der Waals surface area contributed by atoms with Crippen LogP contribution in [-0.2, 0) is 11.6 Å². The normalized spacial score (nSPS) is 15.0. The summed E-state index contributed by atoms with van der Waals surface area (Å²) < 4.78 is 38.8. The molecule has 3 aromatic carbocycles. The van der Waals surface area contributed by atoms with Crippen LogP contribution in [0.5, 0.6) is 0 Å². The Labute approximate surface area is 144 Å². The van der Waals surface area contributed by atoms with Gasteiger partial charge in [-0.25, -0.2) is 0 Å². The van der Waals surface area contributed by atoms with Gasteiger partial charge in [0.2, 0.25) is 0 Å². The second kappa shape index (κ2) is 5.38. The third kappa shape index (κ3) is 2.40. The molecule has 0 aromatic heterocycles. The van der Waals surface area contributed by atoms with Crippen molar-refractivity contribution in [3.8, 4) is 0 Å². The summed E-state index contributed by atoms with van der Waals surface area (Å²) in [5.41, 5.74) is 3.73. The molecule has 0 unspecified atom stereocenters. The number of hydrogen-bond acceptors (Lipinski definition) is 1. The number of para-hydroxylation sites is 2. The van der Waals surface area contributed by atoms with Gasteiger partial charge in [-0.15, -0.1) is 0 Å². The summed E-state index contributed by atoms with van der Waals surface area (Å²) in [7, 11) is 0. The number of benzene rings is 3. The minimum Gasteiger partial charge on any atom is -0.355 e. The molecule has 1 aliphatic rings. The zero-order chi connectivity index (χ0) is 17.7. The van der Waals surface area contributed by atoms with Crippen LogP contribution in [-0.4, -0.2) is 0 Å². The van der Waals surface area contributed by atoms with Gasteiger partial charge < -0.3 is 5.32 Å². The van der Waals surface area contributed by atoms with E-state index in [1.54, 1.807) is 12.1 Å². The number of alkyl halides is 3. The van der Waals surface area contributed by atoms with Crippen molar-refractivity contribution in [1.82, 2.24) is 0 Å². The van der Waals surface area contributed by atoms with Gasteiger partial charge in [-0.3, -0.25) is 0 Å². The van der Waals surface area contributed by atoms with Gasteiger partial charge in [-0.2, -0.15) is 13.2 Å². The highest BCUT2D eigenvalue weighted by atomic mass is 19.4. The summed E-state index contributed by atoms with van der Waals surface area (Å²) in [4.78, 5) is 0. The maximum absolute atomic E-state index is 12.9. The first-order valence-corrected chi connectivity index (χ1v) is 8.04. The predicted molar refractivity (Wildman–Crippen MR) is 93.2 cm³/mol. The van der Waals surface area contributed by atoms with E-state index in [4.69, 9.17) is 0 Å². The van der Waals surface area contributed by atoms with Gasteiger partial charge in [-0.05, 0) is 47.9 Å². The van der Waals surface area contributed by atoms with E-state index < -0.39 is 17.2 Å². The molecule has 1 heterocycles. The summed E-state index contributed by atoms with van der Waals surface area (Å²) in [6, 6.07) is 21.3. The third-order valence-corrected chi connectivity index (χ3v) is 4.99. The molecule has 3 aromatic rings. The molecule has 4 rings (SSSR count). The molecular weight excluding hydrogens is 323 g/mol. The van der Waals surface area contributed by atoms with Crippen LogP contribution in [0.2, 0.25) is 0 Å². The quantitative estimate of drug-likeness (QED) is 0.563. The summed E-state index contributed by atoms with van der Waals surface area (Å²) in [6.45, 7) is 2.06. The van der Waals surface area contributed by atoms with Crippen LogP contribution in [0.1, 0.15) is 29.2 Å². The van der Waals surface area contributed by atoms with Crippen LogP contribution in [0.3, 0.4) is 0 Å². The van der Waals surface area contributed by atoms with Crippen LogP contribution in [0, 0.1) is 0 Å². The first-order chi connectivity index (χ1) is 11.9. The molecule has 0 aliphatic carbocycles. The maximum atomic E-state index is 12.9. The fourth-order valence-corrected chi connectivity index (χ4v) is 3.65. The highest BCUT2D eigenvalue weighted by molar-refractivity contribution is 5.78. The Kier molecular flexibility index (Phi) is 3.39. The first kappa shape index (κ1) is 15.8. The van der Waals surface area contributed by atoms with Crippen molar-refractivity contribution in [3.05, 3.63) is 95.1 Å². The van der Waals surface area contributed by atoms with E-state index in [2.05, 4.69) is 12.2 Å². The SMILES string of the molecule is CC1(c2ccc(C(F)(F)F)cc2)c2ccccc2Nc2ccccc21. The number of anilines is 2. The molecule has 1 nitrogen and oxygen atoms in total. The lowest BCUT2D eigenvalue weighted by atomic mass is 9.68. The van der Waals surface area contributed by atoms with E-state index >= 15 is 0 Å². The highest BCUT2D eigenvalue weighted by Gasteiger charge is 2.38. The van der Waals surface area contributed by atoms with Crippen molar-refractivity contribution >= 4 is 11.4 Å². The number of nitrogens with one attached hydrogen (secondary N) is 1. The van der Waals surface area contributed by atoms with Gasteiger partial charge in [0, 0.05) is 16.8 Å². The molecule has 1 aliphatic heterocycles. The molecule has 0 fully saturated rings. The van der Waals surface area contributed by atoms with Crippen molar-refractivity contribution in [3.63, 3.8) is 0 Å². The van der Waals surface area contributed by atoms with Gasteiger partial charge >= 0.3 is 6.18 Å². The zero-order valence-electron chi connectivity index (χ0n) is 13.6. The van der Waals surface area contributed by atoms with Gasteiger partial charge in [-0.1, -0.05) is 48.5 Å². The van der Waals surface area contributed by atoms with E-state index in [0.29, 0.717) is 0 Å². The number of rotatable bonds is 1. The first-order valence-electron chi connectivity index (χ1n) is 8.04. The Morgan fingerprint density at radius 2 is 1.20 bits per heavy atom. The van der Waals surface area contributed by atoms with Gasteiger partial charge in [0.15, 0.2) is 0 Å². The Balaban J connectivity index is 1.94. The fourth-order valence-electron chi connectivity index (χ4n) is 3.65. The molecule has 4 heteroatoms. The molecule has 0 saturated heterocycles. The summed E-state index contributed by atoms with van der Waals surface area (Å²) >= 11 is 0.